The van der Waals surface area contributed by atoms with E-state index in [2.05, 4.69) is 19.2 Å². The molecule has 0 aliphatic carbocycles. The highest BCUT2D eigenvalue weighted by Crippen LogP contribution is 2.27. The van der Waals surface area contributed by atoms with Crippen LogP contribution in [0.15, 0.2) is 53.4 Å². The van der Waals surface area contributed by atoms with Crippen LogP contribution in [0.2, 0.25) is 0 Å². The van der Waals surface area contributed by atoms with Crippen molar-refractivity contribution in [2.45, 2.75) is 44.4 Å². The van der Waals surface area contributed by atoms with Gasteiger partial charge in [-0.2, -0.15) is 4.31 Å². The van der Waals surface area contributed by atoms with Gasteiger partial charge >= 0.3 is 0 Å². The molecule has 2 aromatic carbocycles. The predicted octanol–water partition coefficient (Wildman–Crippen LogP) is 4.05. The Balaban J connectivity index is 1.64. The fourth-order valence-corrected chi connectivity index (χ4v) is 5.19. The van der Waals surface area contributed by atoms with Crippen LogP contribution in [0, 0.1) is 5.92 Å². The standard InChI is InChI=1S/C23H28N2O4S/c1-16(2)21-6-4-5-7-22(21)24-23(27)19-12-14-25(15-13-19)30(28,29)20-10-8-18(9-11-20)17(3)26/h4-11,16,19H,12-15H2,1-3H3,(H,24,27). The molecule has 1 heterocycles. The highest BCUT2D eigenvalue weighted by Gasteiger charge is 2.32. The second-order valence-electron chi connectivity index (χ2n) is 7.99. The van der Waals surface area contributed by atoms with Gasteiger partial charge in [0.25, 0.3) is 0 Å². The molecule has 0 radical (unpaired) electrons. The molecule has 0 saturated carbocycles. The van der Waals surface area contributed by atoms with Gasteiger partial charge in [0.05, 0.1) is 4.90 Å². The Morgan fingerprint density at radius 1 is 1.00 bits per heavy atom. The summed E-state index contributed by atoms with van der Waals surface area (Å²) in [6.07, 6.45) is 0.945. The molecule has 6 nitrogen and oxygen atoms in total. The number of amides is 1. The minimum atomic E-state index is -3.64. The number of sulfonamides is 1. The van der Waals surface area contributed by atoms with Gasteiger partial charge in [0.15, 0.2) is 5.78 Å². The summed E-state index contributed by atoms with van der Waals surface area (Å²) in [4.78, 5) is 24.3. The van der Waals surface area contributed by atoms with Crippen LogP contribution in [0.25, 0.3) is 0 Å². The van der Waals surface area contributed by atoms with Crippen LogP contribution in [0.3, 0.4) is 0 Å². The predicted molar refractivity (Wildman–Crippen MR) is 117 cm³/mol. The van der Waals surface area contributed by atoms with E-state index >= 15 is 0 Å². The third-order valence-electron chi connectivity index (χ3n) is 5.56. The Labute approximate surface area is 178 Å². The van der Waals surface area contributed by atoms with Crippen molar-refractivity contribution in [2.24, 2.45) is 5.92 Å². The zero-order valence-corrected chi connectivity index (χ0v) is 18.4. The number of hydrogen-bond acceptors (Lipinski definition) is 4. The summed E-state index contributed by atoms with van der Waals surface area (Å²) in [5, 5.41) is 3.02. The maximum atomic E-state index is 12.9. The number of para-hydroxylation sites is 1. The molecule has 0 aromatic heterocycles. The lowest BCUT2D eigenvalue weighted by atomic mass is 9.96. The summed E-state index contributed by atoms with van der Waals surface area (Å²) >= 11 is 0. The summed E-state index contributed by atoms with van der Waals surface area (Å²) < 4.78 is 27.2. The molecule has 1 amide bonds. The van der Waals surface area contributed by atoms with E-state index in [0.717, 1.165) is 11.3 Å². The number of carbonyl (C=O) groups excluding carboxylic acids is 2. The van der Waals surface area contributed by atoms with Crippen molar-refractivity contribution in [2.75, 3.05) is 18.4 Å². The third-order valence-corrected chi connectivity index (χ3v) is 7.48. The summed E-state index contributed by atoms with van der Waals surface area (Å²) in [5.41, 5.74) is 2.38. The zero-order valence-electron chi connectivity index (χ0n) is 17.6. The first-order valence-corrected chi connectivity index (χ1v) is 11.6. The Hall–Kier alpha value is -2.51. The molecule has 2 aromatic rings. The molecular weight excluding hydrogens is 400 g/mol. The smallest absolute Gasteiger partial charge is 0.243 e. The van der Waals surface area contributed by atoms with Gasteiger partial charge in [0, 0.05) is 30.3 Å². The van der Waals surface area contributed by atoms with Crippen molar-refractivity contribution >= 4 is 27.4 Å². The maximum absolute atomic E-state index is 12.9. The maximum Gasteiger partial charge on any atom is 0.243 e. The number of rotatable bonds is 6. The normalized spacial score (nSPS) is 15.9. The van der Waals surface area contributed by atoms with Gasteiger partial charge in [-0.3, -0.25) is 9.59 Å². The van der Waals surface area contributed by atoms with Gasteiger partial charge in [-0.25, -0.2) is 8.42 Å². The Morgan fingerprint density at radius 3 is 2.17 bits per heavy atom. The average Bonchev–Trinajstić information content (AvgIpc) is 2.74. The molecule has 1 aliphatic heterocycles. The van der Waals surface area contributed by atoms with E-state index < -0.39 is 10.0 Å². The molecular formula is C23H28N2O4S. The van der Waals surface area contributed by atoms with Crippen LogP contribution in [0.4, 0.5) is 5.69 Å². The molecule has 160 valence electrons. The molecule has 0 spiro atoms. The number of nitrogens with one attached hydrogen (secondary N) is 1. The number of anilines is 1. The average molecular weight is 429 g/mol. The lowest BCUT2D eigenvalue weighted by molar-refractivity contribution is -0.120. The summed E-state index contributed by atoms with van der Waals surface area (Å²) in [7, 11) is -3.64. The second kappa shape index (κ2) is 9.10. The van der Waals surface area contributed by atoms with Gasteiger partial charge in [0.2, 0.25) is 15.9 Å². The van der Waals surface area contributed by atoms with Crippen molar-refractivity contribution in [3.63, 3.8) is 0 Å². The van der Waals surface area contributed by atoms with E-state index in [-0.39, 0.29) is 22.5 Å². The van der Waals surface area contributed by atoms with Gasteiger partial charge in [0.1, 0.15) is 0 Å². The SMILES string of the molecule is CC(=O)c1ccc(S(=O)(=O)N2CCC(C(=O)Nc3ccccc3C(C)C)CC2)cc1. The third kappa shape index (κ3) is 4.79. The van der Waals surface area contributed by atoms with Crippen LogP contribution in [0.5, 0.6) is 0 Å². The Kier molecular flexibility index (Phi) is 6.73. The number of carbonyl (C=O) groups is 2. The number of ketones is 1. The largest absolute Gasteiger partial charge is 0.326 e. The van der Waals surface area contributed by atoms with Gasteiger partial charge < -0.3 is 5.32 Å². The molecule has 1 saturated heterocycles. The molecule has 1 N–H and O–H groups in total. The van der Waals surface area contributed by atoms with E-state index in [9.17, 15) is 18.0 Å². The molecule has 1 fully saturated rings. The van der Waals surface area contributed by atoms with Gasteiger partial charge in [-0.1, -0.05) is 44.2 Å². The van der Waals surface area contributed by atoms with E-state index in [0.29, 0.717) is 37.4 Å². The highest BCUT2D eigenvalue weighted by molar-refractivity contribution is 7.89. The van der Waals surface area contributed by atoms with Crippen molar-refractivity contribution in [3.05, 3.63) is 59.7 Å². The second-order valence-corrected chi connectivity index (χ2v) is 9.93. The van der Waals surface area contributed by atoms with E-state index in [1.165, 1.54) is 35.5 Å². The number of nitrogens with zero attached hydrogens (tertiary/aromatic N) is 1. The van der Waals surface area contributed by atoms with E-state index in [4.69, 9.17) is 0 Å². The van der Waals surface area contributed by atoms with Crippen molar-refractivity contribution in [1.82, 2.24) is 4.31 Å². The Morgan fingerprint density at radius 2 is 1.60 bits per heavy atom. The zero-order chi connectivity index (χ0) is 21.9. The fraction of sp³-hybridized carbons (Fsp3) is 0.391. The summed E-state index contributed by atoms with van der Waals surface area (Å²) in [5.74, 6) is -0.101. The molecule has 30 heavy (non-hydrogen) atoms. The number of hydrogen-bond donors (Lipinski definition) is 1. The molecule has 0 atom stereocenters. The van der Waals surface area contributed by atoms with Crippen LogP contribution in [0.1, 0.15) is 55.5 Å². The first kappa shape index (κ1) is 22.2. The van der Waals surface area contributed by atoms with Crippen LogP contribution >= 0.6 is 0 Å². The molecule has 7 heteroatoms. The molecule has 3 rings (SSSR count). The monoisotopic (exact) mass is 428 g/mol. The van der Waals surface area contributed by atoms with Crippen molar-refractivity contribution in [1.29, 1.82) is 0 Å². The summed E-state index contributed by atoms with van der Waals surface area (Å²) in [6.45, 7) is 6.19. The van der Waals surface area contributed by atoms with Crippen molar-refractivity contribution < 1.29 is 18.0 Å². The number of Topliss-reactive ketones (excluding diaryl/α,β-unsaturated/α-hetero) is 1. The molecule has 0 bridgehead atoms. The van der Waals surface area contributed by atoms with E-state index in [1.54, 1.807) is 0 Å². The lowest BCUT2D eigenvalue weighted by Crippen LogP contribution is -2.41. The van der Waals surface area contributed by atoms with Crippen LogP contribution < -0.4 is 5.32 Å². The highest BCUT2D eigenvalue weighted by atomic mass is 32.2. The topological polar surface area (TPSA) is 83.6 Å². The van der Waals surface area contributed by atoms with Crippen molar-refractivity contribution in [3.8, 4) is 0 Å². The minimum Gasteiger partial charge on any atom is -0.326 e. The van der Waals surface area contributed by atoms with Gasteiger partial charge in [-0.05, 0) is 49.4 Å². The molecule has 1 aliphatic rings. The Bertz CT molecular complexity index is 1020. The van der Waals surface area contributed by atoms with Crippen LogP contribution in [-0.2, 0) is 14.8 Å². The molecule has 0 unspecified atom stereocenters. The minimum absolute atomic E-state index is 0.0639. The lowest BCUT2D eigenvalue weighted by Gasteiger charge is -2.30. The quantitative estimate of drug-likeness (QED) is 0.704. The van der Waals surface area contributed by atoms with Crippen LogP contribution in [-0.4, -0.2) is 37.5 Å². The van der Waals surface area contributed by atoms with Gasteiger partial charge in [-0.15, -0.1) is 0 Å². The first-order chi connectivity index (χ1) is 14.2. The summed E-state index contributed by atoms with van der Waals surface area (Å²) in [6, 6.07) is 13.8. The first-order valence-electron chi connectivity index (χ1n) is 10.2. The number of piperidine rings is 1. The van der Waals surface area contributed by atoms with E-state index in [1.807, 2.05) is 24.3 Å². The number of benzene rings is 2. The fourth-order valence-electron chi connectivity index (χ4n) is 3.72.